The number of methoxy groups -OCH3 is 1. The van der Waals surface area contributed by atoms with Crippen LogP contribution in [0.15, 0.2) is 42.5 Å². The Labute approximate surface area is 126 Å². The number of hydrogen-bond acceptors (Lipinski definition) is 4. The topological polar surface area (TPSA) is 64.3 Å². The molecule has 0 radical (unpaired) electrons. The normalized spacial score (nSPS) is 11.8. The molecule has 21 heavy (non-hydrogen) atoms. The summed E-state index contributed by atoms with van der Waals surface area (Å²) in [6.45, 7) is 0. The summed E-state index contributed by atoms with van der Waals surface area (Å²) >= 11 is 5.65. The Hall–Kier alpha value is -2.27. The van der Waals surface area contributed by atoms with Gasteiger partial charge in [-0.25, -0.2) is 9.18 Å². The fraction of sp³-hybridized carbons (Fsp3) is 0.133. The van der Waals surface area contributed by atoms with Gasteiger partial charge in [-0.05, 0) is 11.6 Å². The number of hydrogen-bond donors (Lipinski definition) is 2. The van der Waals surface area contributed by atoms with E-state index in [4.69, 9.17) is 22.1 Å². The molecule has 0 saturated carbocycles. The molecule has 2 aromatic rings. The smallest absolute Gasteiger partial charge is 0.332 e. The van der Waals surface area contributed by atoms with Crippen LogP contribution in [-0.4, -0.2) is 13.1 Å². The van der Waals surface area contributed by atoms with Crippen molar-refractivity contribution in [3.8, 4) is 0 Å². The number of ether oxygens (including phenoxy) is 1. The standard InChI is InChI=1S/C15H14ClFN2O2/c1-21-15(20)14(9-5-3-2-4-6-9)19-13-8-11(17)10(16)7-12(13)18/h2-8,14,19H,18H2,1H3. The highest BCUT2D eigenvalue weighted by atomic mass is 35.5. The number of halogens is 2. The monoisotopic (exact) mass is 308 g/mol. The van der Waals surface area contributed by atoms with E-state index >= 15 is 0 Å². The molecule has 2 rings (SSSR count). The predicted octanol–water partition coefficient (Wildman–Crippen LogP) is 3.39. The van der Waals surface area contributed by atoms with Crippen molar-refractivity contribution in [3.63, 3.8) is 0 Å². The van der Waals surface area contributed by atoms with E-state index in [1.165, 1.54) is 13.2 Å². The molecule has 6 heteroatoms. The third kappa shape index (κ3) is 3.44. The van der Waals surface area contributed by atoms with Gasteiger partial charge < -0.3 is 15.8 Å². The van der Waals surface area contributed by atoms with Gasteiger partial charge in [0, 0.05) is 6.07 Å². The first kappa shape index (κ1) is 15.1. The van der Waals surface area contributed by atoms with Gasteiger partial charge >= 0.3 is 5.97 Å². The van der Waals surface area contributed by atoms with Crippen molar-refractivity contribution >= 4 is 28.9 Å². The van der Waals surface area contributed by atoms with Crippen molar-refractivity contribution in [1.82, 2.24) is 0 Å². The molecule has 0 saturated heterocycles. The highest BCUT2D eigenvalue weighted by Gasteiger charge is 2.22. The number of carbonyl (C=O) groups excluding carboxylic acids is 1. The van der Waals surface area contributed by atoms with Crippen LogP contribution in [0.4, 0.5) is 15.8 Å². The highest BCUT2D eigenvalue weighted by molar-refractivity contribution is 6.31. The minimum absolute atomic E-state index is 0.0765. The summed E-state index contributed by atoms with van der Waals surface area (Å²) in [5.41, 5.74) is 6.99. The number of nitrogens with two attached hydrogens (primary N) is 1. The lowest BCUT2D eigenvalue weighted by Crippen LogP contribution is -2.22. The third-order valence-electron chi connectivity index (χ3n) is 2.96. The minimum Gasteiger partial charge on any atom is -0.467 e. The molecule has 4 nitrogen and oxygen atoms in total. The first-order valence-corrected chi connectivity index (χ1v) is 6.54. The molecule has 0 aliphatic carbocycles. The number of anilines is 2. The van der Waals surface area contributed by atoms with Crippen LogP contribution in [0.5, 0.6) is 0 Å². The molecular formula is C15H14ClFN2O2. The Morgan fingerprint density at radius 2 is 2.00 bits per heavy atom. The lowest BCUT2D eigenvalue weighted by Gasteiger charge is -2.19. The largest absolute Gasteiger partial charge is 0.467 e. The van der Waals surface area contributed by atoms with E-state index in [1.54, 1.807) is 24.3 Å². The van der Waals surface area contributed by atoms with E-state index < -0.39 is 17.8 Å². The maximum absolute atomic E-state index is 13.6. The maximum Gasteiger partial charge on any atom is 0.332 e. The number of benzene rings is 2. The summed E-state index contributed by atoms with van der Waals surface area (Å²) in [4.78, 5) is 11.9. The van der Waals surface area contributed by atoms with Crippen LogP contribution >= 0.6 is 11.6 Å². The molecule has 0 amide bonds. The van der Waals surface area contributed by atoms with Gasteiger partial charge in [0.05, 0.1) is 23.5 Å². The molecule has 0 aliphatic heterocycles. The van der Waals surface area contributed by atoms with Crippen LogP contribution in [0.2, 0.25) is 5.02 Å². The zero-order chi connectivity index (χ0) is 15.4. The second-order valence-corrected chi connectivity index (χ2v) is 4.77. The molecule has 0 fully saturated rings. The average Bonchev–Trinajstić information content (AvgIpc) is 2.49. The number of carbonyl (C=O) groups is 1. The van der Waals surface area contributed by atoms with Gasteiger partial charge in [0.15, 0.2) is 6.04 Å². The van der Waals surface area contributed by atoms with Gasteiger partial charge in [0.1, 0.15) is 5.82 Å². The summed E-state index contributed by atoms with van der Waals surface area (Å²) in [5, 5.41) is 2.81. The lowest BCUT2D eigenvalue weighted by molar-refractivity contribution is -0.141. The summed E-state index contributed by atoms with van der Waals surface area (Å²) in [5.74, 6) is -1.12. The second-order valence-electron chi connectivity index (χ2n) is 4.36. The minimum atomic E-state index is -0.793. The van der Waals surface area contributed by atoms with Gasteiger partial charge in [-0.1, -0.05) is 41.9 Å². The fourth-order valence-electron chi connectivity index (χ4n) is 1.88. The predicted molar refractivity (Wildman–Crippen MR) is 80.6 cm³/mol. The SMILES string of the molecule is COC(=O)C(Nc1cc(F)c(Cl)cc1N)c1ccccc1. The lowest BCUT2D eigenvalue weighted by atomic mass is 10.1. The Morgan fingerprint density at radius 3 is 2.62 bits per heavy atom. The van der Waals surface area contributed by atoms with Crippen molar-refractivity contribution in [2.45, 2.75) is 6.04 Å². The molecule has 110 valence electrons. The Balaban J connectivity index is 2.36. The van der Waals surface area contributed by atoms with Gasteiger partial charge in [0.2, 0.25) is 0 Å². The zero-order valence-corrected chi connectivity index (χ0v) is 12.0. The molecule has 0 aromatic heterocycles. The van der Waals surface area contributed by atoms with Gasteiger partial charge in [-0.2, -0.15) is 0 Å². The van der Waals surface area contributed by atoms with Crippen molar-refractivity contribution in [2.24, 2.45) is 0 Å². The van der Waals surface area contributed by atoms with Crippen LogP contribution in [0.25, 0.3) is 0 Å². The Kier molecular flexibility index (Phi) is 4.65. The molecule has 0 aliphatic rings. The van der Waals surface area contributed by atoms with Crippen LogP contribution < -0.4 is 11.1 Å². The van der Waals surface area contributed by atoms with E-state index in [0.29, 0.717) is 5.56 Å². The van der Waals surface area contributed by atoms with E-state index in [1.807, 2.05) is 6.07 Å². The number of rotatable bonds is 4. The van der Waals surface area contributed by atoms with Gasteiger partial charge in [-0.3, -0.25) is 0 Å². The van der Waals surface area contributed by atoms with E-state index in [0.717, 1.165) is 6.07 Å². The first-order valence-electron chi connectivity index (χ1n) is 6.16. The molecule has 1 atom stereocenters. The molecule has 1 unspecified atom stereocenters. The Bertz CT molecular complexity index is 650. The van der Waals surface area contributed by atoms with Crippen LogP contribution in [-0.2, 0) is 9.53 Å². The highest BCUT2D eigenvalue weighted by Crippen LogP contribution is 2.29. The van der Waals surface area contributed by atoms with Crippen LogP contribution in [0.3, 0.4) is 0 Å². The van der Waals surface area contributed by atoms with E-state index in [-0.39, 0.29) is 16.4 Å². The Morgan fingerprint density at radius 1 is 1.33 bits per heavy atom. The number of nitrogens with one attached hydrogen (secondary N) is 1. The third-order valence-corrected chi connectivity index (χ3v) is 3.25. The summed E-state index contributed by atoms with van der Waals surface area (Å²) in [6.07, 6.45) is 0. The molecule has 3 N–H and O–H groups in total. The number of nitrogen functional groups attached to an aromatic ring is 1. The van der Waals surface area contributed by atoms with Crippen molar-refractivity contribution in [1.29, 1.82) is 0 Å². The first-order chi connectivity index (χ1) is 10.0. The quantitative estimate of drug-likeness (QED) is 0.671. The maximum atomic E-state index is 13.6. The van der Waals surface area contributed by atoms with Crippen molar-refractivity contribution < 1.29 is 13.9 Å². The average molecular weight is 309 g/mol. The van der Waals surface area contributed by atoms with E-state index in [9.17, 15) is 9.18 Å². The zero-order valence-electron chi connectivity index (χ0n) is 11.3. The molecular weight excluding hydrogens is 295 g/mol. The second kappa shape index (κ2) is 6.45. The summed E-state index contributed by atoms with van der Waals surface area (Å²) < 4.78 is 18.3. The van der Waals surface area contributed by atoms with Crippen LogP contribution in [0.1, 0.15) is 11.6 Å². The number of esters is 1. The fourth-order valence-corrected chi connectivity index (χ4v) is 2.06. The summed E-state index contributed by atoms with van der Waals surface area (Å²) in [7, 11) is 1.28. The molecule has 0 spiro atoms. The summed E-state index contributed by atoms with van der Waals surface area (Å²) in [6, 6.07) is 10.6. The van der Waals surface area contributed by atoms with E-state index in [2.05, 4.69) is 5.32 Å². The van der Waals surface area contributed by atoms with Gasteiger partial charge in [0.25, 0.3) is 0 Å². The molecule has 0 bridgehead atoms. The molecule has 0 heterocycles. The van der Waals surface area contributed by atoms with Crippen molar-refractivity contribution in [2.75, 3.05) is 18.2 Å². The van der Waals surface area contributed by atoms with Crippen molar-refractivity contribution in [3.05, 3.63) is 58.9 Å². The van der Waals surface area contributed by atoms with Crippen LogP contribution in [0, 0.1) is 5.82 Å². The molecule has 2 aromatic carbocycles. The van der Waals surface area contributed by atoms with Gasteiger partial charge in [-0.15, -0.1) is 0 Å².